The van der Waals surface area contributed by atoms with Crippen molar-refractivity contribution in [3.63, 3.8) is 0 Å². The Morgan fingerprint density at radius 2 is 1.96 bits per heavy atom. The van der Waals surface area contributed by atoms with Crippen LogP contribution in [0.3, 0.4) is 0 Å². The van der Waals surface area contributed by atoms with E-state index in [-0.39, 0.29) is 0 Å². The lowest BCUT2D eigenvalue weighted by atomic mass is 9.95. The Morgan fingerprint density at radius 1 is 1.30 bits per heavy atom. The Kier molecular flexibility index (Phi) is 5.94. The van der Waals surface area contributed by atoms with Crippen LogP contribution in [0.2, 0.25) is 10.0 Å². The smallest absolute Gasteiger partial charge is 0.241 e. The van der Waals surface area contributed by atoms with Crippen LogP contribution in [0.25, 0.3) is 0 Å². The highest BCUT2D eigenvalue weighted by atomic mass is 35.5. The Hall–Kier alpha value is -0.820. The molecule has 0 aliphatic carbocycles. The molecule has 0 atom stereocenters. The first kappa shape index (κ1) is 18.5. The van der Waals surface area contributed by atoms with Gasteiger partial charge in [-0.15, -0.1) is 0 Å². The predicted molar refractivity (Wildman–Crippen MR) is 92.9 cm³/mol. The lowest BCUT2D eigenvalue weighted by Crippen LogP contribution is -2.57. The summed E-state index contributed by atoms with van der Waals surface area (Å²) in [5, 5.41) is 6.92. The SMILES string of the molecule is CS(=O)(=O)C1(C(=O)NCCc2ccc(Cl)cc2Cl)CCNCC1. The molecule has 1 aliphatic heterocycles. The molecule has 8 heteroatoms. The van der Waals surface area contributed by atoms with Gasteiger partial charge < -0.3 is 10.6 Å². The van der Waals surface area contributed by atoms with E-state index < -0.39 is 20.5 Å². The average Bonchev–Trinajstić information content (AvgIpc) is 2.49. The molecule has 1 aromatic rings. The fourth-order valence-electron chi connectivity index (χ4n) is 2.79. The molecule has 0 spiro atoms. The van der Waals surface area contributed by atoms with Gasteiger partial charge in [0.15, 0.2) is 14.6 Å². The third-order valence-electron chi connectivity index (χ3n) is 4.23. The number of sulfone groups is 1. The molecular formula is C15H20Cl2N2O3S. The number of piperidine rings is 1. The van der Waals surface area contributed by atoms with Crippen LogP contribution >= 0.6 is 23.2 Å². The summed E-state index contributed by atoms with van der Waals surface area (Å²) < 4.78 is 23.0. The van der Waals surface area contributed by atoms with Crippen molar-refractivity contribution < 1.29 is 13.2 Å². The third-order valence-corrected chi connectivity index (χ3v) is 6.83. The number of nitrogens with one attached hydrogen (secondary N) is 2. The van der Waals surface area contributed by atoms with Crippen LogP contribution < -0.4 is 10.6 Å². The molecule has 1 amide bonds. The van der Waals surface area contributed by atoms with Crippen molar-refractivity contribution in [1.29, 1.82) is 0 Å². The molecule has 0 unspecified atom stereocenters. The molecule has 0 aromatic heterocycles. The van der Waals surface area contributed by atoms with Gasteiger partial charge in [-0.25, -0.2) is 8.42 Å². The van der Waals surface area contributed by atoms with Crippen LogP contribution in [0.5, 0.6) is 0 Å². The van der Waals surface area contributed by atoms with E-state index >= 15 is 0 Å². The minimum Gasteiger partial charge on any atom is -0.354 e. The normalized spacial score (nSPS) is 17.7. The van der Waals surface area contributed by atoms with E-state index in [4.69, 9.17) is 23.2 Å². The second kappa shape index (κ2) is 7.38. The van der Waals surface area contributed by atoms with E-state index in [1.54, 1.807) is 18.2 Å². The second-order valence-electron chi connectivity index (χ2n) is 5.76. The molecule has 0 bridgehead atoms. The summed E-state index contributed by atoms with van der Waals surface area (Å²) in [7, 11) is -3.49. The molecular weight excluding hydrogens is 359 g/mol. The number of halogens is 2. The largest absolute Gasteiger partial charge is 0.354 e. The van der Waals surface area contributed by atoms with Gasteiger partial charge in [0.05, 0.1) is 0 Å². The van der Waals surface area contributed by atoms with Gasteiger partial charge in [0.1, 0.15) is 0 Å². The van der Waals surface area contributed by atoms with Crippen molar-refractivity contribution in [3.05, 3.63) is 33.8 Å². The van der Waals surface area contributed by atoms with Crippen molar-refractivity contribution in [2.75, 3.05) is 25.9 Å². The highest BCUT2D eigenvalue weighted by Crippen LogP contribution is 2.28. The van der Waals surface area contributed by atoms with Crippen LogP contribution in [-0.2, 0) is 21.1 Å². The molecule has 128 valence electrons. The van der Waals surface area contributed by atoms with E-state index in [1.807, 2.05) is 0 Å². The van der Waals surface area contributed by atoms with Crippen molar-refractivity contribution in [2.45, 2.75) is 24.0 Å². The first-order valence-electron chi connectivity index (χ1n) is 7.39. The molecule has 1 fully saturated rings. The fraction of sp³-hybridized carbons (Fsp3) is 0.533. The standard InChI is InChI=1S/C15H20Cl2N2O3S/c1-23(21,22)15(5-8-18-9-6-15)14(20)19-7-4-11-2-3-12(16)10-13(11)17/h2-3,10,18H,4-9H2,1H3,(H,19,20). The van der Waals surface area contributed by atoms with Crippen LogP contribution in [0.15, 0.2) is 18.2 Å². The van der Waals surface area contributed by atoms with Gasteiger partial charge >= 0.3 is 0 Å². The van der Waals surface area contributed by atoms with Gasteiger partial charge in [0, 0.05) is 22.8 Å². The maximum Gasteiger partial charge on any atom is 0.241 e. The summed E-state index contributed by atoms with van der Waals surface area (Å²) in [6.07, 6.45) is 2.23. The average molecular weight is 379 g/mol. The van der Waals surface area contributed by atoms with E-state index in [1.165, 1.54) is 0 Å². The number of benzene rings is 1. The lowest BCUT2D eigenvalue weighted by molar-refractivity contribution is -0.124. The number of amides is 1. The zero-order valence-electron chi connectivity index (χ0n) is 12.9. The molecule has 1 heterocycles. The summed E-state index contributed by atoms with van der Waals surface area (Å²) in [6.45, 7) is 1.36. The molecule has 23 heavy (non-hydrogen) atoms. The summed E-state index contributed by atoms with van der Waals surface area (Å²) in [5.41, 5.74) is 0.857. The minimum atomic E-state index is -3.49. The maximum absolute atomic E-state index is 12.5. The number of hydrogen-bond donors (Lipinski definition) is 2. The van der Waals surface area contributed by atoms with Crippen LogP contribution in [0.1, 0.15) is 18.4 Å². The molecule has 1 aliphatic rings. The zero-order chi connectivity index (χ0) is 17.1. The Morgan fingerprint density at radius 3 is 2.52 bits per heavy atom. The van der Waals surface area contributed by atoms with Crippen LogP contribution in [-0.4, -0.2) is 45.0 Å². The quantitative estimate of drug-likeness (QED) is 0.819. The second-order valence-corrected chi connectivity index (χ2v) is 8.93. The molecule has 0 radical (unpaired) electrons. The van der Waals surface area contributed by atoms with Crippen LogP contribution in [0, 0.1) is 0 Å². The third kappa shape index (κ3) is 4.18. The van der Waals surface area contributed by atoms with Crippen molar-refractivity contribution >= 4 is 38.9 Å². The number of rotatable bonds is 5. The number of carbonyl (C=O) groups excluding carboxylic acids is 1. The Labute approximate surface area is 146 Å². The summed E-state index contributed by atoms with van der Waals surface area (Å²) >= 11 is 11.9. The molecule has 2 rings (SSSR count). The first-order valence-corrected chi connectivity index (χ1v) is 10.0. The fourth-order valence-corrected chi connectivity index (χ4v) is 4.65. The predicted octanol–water partition coefficient (Wildman–Crippen LogP) is 1.82. The van der Waals surface area contributed by atoms with Crippen molar-refractivity contribution in [1.82, 2.24) is 10.6 Å². The topological polar surface area (TPSA) is 75.3 Å². The van der Waals surface area contributed by atoms with Crippen molar-refractivity contribution in [2.24, 2.45) is 0 Å². The highest BCUT2D eigenvalue weighted by molar-refractivity contribution is 7.92. The highest BCUT2D eigenvalue weighted by Gasteiger charge is 2.48. The number of carbonyl (C=O) groups is 1. The minimum absolute atomic E-state index is 0.291. The van der Waals surface area contributed by atoms with Crippen LogP contribution in [0.4, 0.5) is 0 Å². The molecule has 0 saturated carbocycles. The van der Waals surface area contributed by atoms with Crippen molar-refractivity contribution in [3.8, 4) is 0 Å². The summed E-state index contributed by atoms with van der Waals surface area (Å²) in [5.74, 6) is -0.424. The summed E-state index contributed by atoms with van der Waals surface area (Å²) in [4.78, 5) is 12.5. The Bertz CT molecular complexity index is 686. The molecule has 1 saturated heterocycles. The molecule has 5 nitrogen and oxygen atoms in total. The van der Waals surface area contributed by atoms with Gasteiger partial charge in [-0.05, 0) is 50.0 Å². The zero-order valence-corrected chi connectivity index (χ0v) is 15.2. The van der Waals surface area contributed by atoms with E-state index in [2.05, 4.69) is 10.6 Å². The van der Waals surface area contributed by atoms with Gasteiger partial charge in [-0.3, -0.25) is 4.79 Å². The lowest BCUT2D eigenvalue weighted by Gasteiger charge is -2.34. The number of hydrogen-bond acceptors (Lipinski definition) is 4. The van der Waals surface area contributed by atoms with E-state index in [0.29, 0.717) is 48.9 Å². The van der Waals surface area contributed by atoms with Gasteiger partial charge in [-0.1, -0.05) is 29.3 Å². The molecule has 1 aromatic carbocycles. The molecule has 2 N–H and O–H groups in total. The Balaban J connectivity index is 2.02. The first-order chi connectivity index (χ1) is 10.8. The van der Waals surface area contributed by atoms with E-state index in [9.17, 15) is 13.2 Å². The van der Waals surface area contributed by atoms with Gasteiger partial charge in [0.25, 0.3) is 0 Å². The van der Waals surface area contributed by atoms with Gasteiger partial charge in [0.2, 0.25) is 5.91 Å². The van der Waals surface area contributed by atoms with Gasteiger partial charge in [-0.2, -0.15) is 0 Å². The summed E-state index contributed by atoms with van der Waals surface area (Å²) in [6, 6.07) is 5.17. The van der Waals surface area contributed by atoms with E-state index in [0.717, 1.165) is 11.8 Å². The maximum atomic E-state index is 12.5. The monoisotopic (exact) mass is 378 g/mol.